The van der Waals surface area contributed by atoms with E-state index in [0.717, 1.165) is 11.8 Å². The van der Waals surface area contributed by atoms with Gasteiger partial charge >= 0.3 is 0 Å². The maximum absolute atomic E-state index is 11.0. The molecule has 0 fully saturated rings. The minimum Gasteiger partial charge on any atom is -0.345 e. The lowest BCUT2D eigenvalue weighted by molar-refractivity contribution is -0.122. The summed E-state index contributed by atoms with van der Waals surface area (Å²) < 4.78 is 0. The highest BCUT2D eigenvalue weighted by Gasteiger charge is 2.15. The fourth-order valence-corrected chi connectivity index (χ4v) is 1.37. The highest BCUT2D eigenvalue weighted by Crippen LogP contribution is 2.01. The molecule has 0 aliphatic heterocycles. The van der Waals surface area contributed by atoms with Gasteiger partial charge in [-0.05, 0) is 6.26 Å². The van der Waals surface area contributed by atoms with E-state index in [2.05, 4.69) is 17.9 Å². The van der Waals surface area contributed by atoms with Crippen LogP contribution in [0.25, 0.3) is 0 Å². The van der Waals surface area contributed by atoms with Crippen LogP contribution >= 0.6 is 24.4 Å². The molecule has 0 unspecified atom stereocenters. The van der Waals surface area contributed by atoms with Crippen molar-refractivity contribution in [3.05, 3.63) is 0 Å². The largest absolute Gasteiger partial charge is 0.345 e. The zero-order valence-electron chi connectivity index (χ0n) is 6.46. The van der Waals surface area contributed by atoms with E-state index >= 15 is 0 Å². The minimum atomic E-state index is -0.453. The van der Waals surface area contributed by atoms with Crippen molar-refractivity contribution in [2.75, 3.05) is 12.0 Å². The van der Waals surface area contributed by atoms with Crippen molar-refractivity contribution >= 4 is 35.4 Å². The van der Waals surface area contributed by atoms with E-state index in [1.807, 2.05) is 0 Å². The van der Waals surface area contributed by atoms with Gasteiger partial charge in [-0.1, -0.05) is 11.8 Å². The van der Waals surface area contributed by atoms with E-state index in [1.54, 1.807) is 6.26 Å². The summed E-state index contributed by atoms with van der Waals surface area (Å²) in [5, 5.41) is 2.43. The van der Waals surface area contributed by atoms with Crippen LogP contribution in [-0.4, -0.2) is 29.1 Å². The number of amides is 1. The van der Waals surface area contributed by atoms with Gasteiger partial charge in [-0.2, -0.15) is 12.6 Å². The van der Waals surface area contributed by atoms with Crippen molar-refractivity contribution in [2.45, 2.75) is 13.0 Å². The van der Waals surface area contributed by atoms with Crippen LogP contribution in [0.1, 0.15) is 6.92 Å². The average molecular weight is 193 g/mol. The van der Waals surface area contributed by atoms with Crippen molar-refractivity contribution in [1.29, 1.82) is 0 Å². The molecular weight excluding hydrogens is 182 g/mol. The molecule has 1 atom stereocenters. The standard InChI is InChI=1S/C6H11NO2S2/c1-4(8)7-5(3-10)6(9)11-2/h5,10H,3H2,1-2H3,(H,7,8)/t5-/m0/s1. The third-order valence-electron chi connectivity index (χ3n) is 1.05. The summed E-state index contributed by atoms with van der Waals surface area (Å²) in [6.07, 6.45) is 1.68. The summed E-state index contributed by atoms with van der Waals surface area (Å²) in [5.74, 6) is 0.144. The predicted molar refractivity (Wildman–Crippen MR) is 50.0 cm³/mol. The number of thiol groups is 1. The average Bonchev–Trinajstić information content (AvgIpc) is 1.98. The summed E-state index contributed by atoms with van der Waals surface area (Å²) in [4.78, 5) is 21.5. The summed E-state index contributed by atoms with van der Waals surface area (Å²) in [5.41, 5.74) is 0. The van der Waals surface area contributed by atoms with Gasteiger partial charge in [0, 0.05) is 12.7 Å². The molecule has 0 aromatic heterocycles. The van der Waals surface area contributed by atoms with E-state index in [4.69, 9.17) is 0 Å². The van der Waals surface area contributed by atoms with Crippen molar-refractivity contribution in [2.24, 2.45) is 0 Å². The first-order valence-corrected chi connectivity index (χ1v) is 4.93. The smallest absolute Gasteiger partial charge is 0.217 e. The molecule has 1 amide bonds. The number of rotatable bonds is 3. The van der Waals surface area contributed by atoms with Crippen molar-refractivity contribution < 1.29 is 9.59 Å². The molecule has 5 heteroatoms. The molecule has 0 rings (SSSR count). The van der Waals surface area contributed by atoms with E-state index in [9.17, 15) is 9.59 Å². The van der Waals surface area contributed by atoms with Crippen LogP contribution in [0.15, 0.2) is 0 Å². The molecule has 0 aliphatic carbocycles. The molecule has 0 heterocycles. The molecule has 11 heavy (non-hydrogen) atoms. The first kappa shape index (κ1) is 10.8. The van der Waals surface area contributed by atoms with Crippen molar-refractivity contribution in [1.82, 2.24) is 5.32 Å². The van der Waals surface area contributed by atoms with Gasteiger partial charge in [0.1, 0.15) is 6.04 Å². The lowest BCUT2D eigenvalue weighted by Crippen LogP contribution is -2.39. The Bertz CT molecular complexity index is 161. The highest BCUT2D eigenvalue weighted by molar-refractivity contribution is 8.13. The first-order chi connectivity index (χ1) is 5.11. The molecule has 0 spiro atoms. The number of hydrogen-bond donors (Lipinski definition) is 2. The Morgan fingerprint density at radius 2 is 2.18 bits per heavy atom. The third-order valence-corrected chi connectivity index (χ3v) is 2.10. The Labute approximate surface area is 75.7 Å². The fourth-order valence-electron chi connectivity index (χ4n) is 0.567. The maximum Gasteiger partial charge on any atom is 0.217 e. The van der Waals surface area contributed by atoms with E-state index in [-0.39, 0.29) is 11.0 Å². The monoisotopic (exact) mass is 193 g/mol. The fraction of sp³-hybridized carbons (Fsp3) is 0.667. The van der Waals surface area contributed by atoms with Gasteiger partial charge in [0.2, 0.25) is 11.0 Å². The lowest BCUT2D eigenvalue weighted by Gasteiger charge is -2.11. The van der Waals surface area contributed by atoms with Gasteiger partial charge in [0.05, 0.1) is 0 Å². The second-order valence-electron chi connectivity index (χ2n) is 1.96. The van der Waals surface area contributed by atoms with Crippen LogP contribution in [0.2, 0.25) is 0 Å². The van der Waals surface area contributed by atoms with E-state index in [1.165, 1.54) is 6.92 Å². The molecule has 0 aliphatic rings. The number of carbonyl (C=O) groups is 2. The van der Waals surface area contributed by atoms with Crippen molar-refractivity contribution in [3.63, 3.8) is 0 Å². The summed E-state index contributed by atoms with van der Waals surface area (Å²) in [7, 11) is 0. The summed E-state index contributed by atoms with van der Waals surface area (Å²) in [6, 6.07) is -0.453. The Kier molecular flexibility index (Phi) is 5.41. The topological polar surface area (TPSA) is 46.2 Å². The van der Waals surface area contributed by atoms with Crippen LogP contribution in [-0.2, 0) is 9.59 Å². The predicted octanol–water partition coefficient (Wildman–Crippen LogP) is 0.310. The summed E-state index contributed by atoms with van der Waals surface area (Å²) in [6.45, 7) is 1.38. The molecule has 64 valence electrons. The molecule has 0 radical (unpaired) electrons. The van der Waals surface area contributed by atoms with Gasteiger partial charge in [-0.25, -0.2) is 0 Å². The SMILES string of the molecule is CSC(=O)[C@H](CS)NC(C)=O. The molecule has 0 aromatic rings. The molecule has 1 N–H and O–H groups in total. The highest BCUT2D eigenvalue weighted by atomic mass is 32.2. The third kappa shape index (κ3) is 4.31. The Hall–Kier alpha value is -0.160. The molecule has 3 nitrogen and oxygen atoms in total. The number of carbonyl (C=O) groups excluding carboxylic acids is 2. The maximum atomic E-state index is 11.0. The van der Waals surface area contributed by atoms with Gasteiger partial charge < -0.3 is 5.32 Å². The summed E-state index contributed by atoms with van der Waals surface area (Å²) >= 11 is 5.03. The Morgan fingerprint density at radius 3 is 2.45 bits per heavy atom. The molecule has 0 saturated carbocycles. The zero-order chi connectivity index (χ0) is 8.85. The normalized spacial score (nSPS) is 12.3. The van der Waals surface area contributed by atoms with Crippen LogP contribution < -0.4 is 5.32 Å². The van der Waals surface area contributed by atoms with E-state index in [0.29, 0.717) is 5.75 Å². The molecule has 0 saturated heterocycles. The number of thioether (sulfide) groups is 1. The van der Waals surface area contributed by atoms with Crippen LogP contribution in [0.5, 0.6) is 0 Å². The molecular formula is C6H11NO2S2. The van der Waals surface area contributed by atoms with Gasteiger partial charge in [-0.3, -0.25) is 9.59 Å². The van der Waals surface area contributed by atoms with Gasteiger partial charge in [0.15, 0.2) is 0 Å². The second-order valence-corrected chi connectivity index (χ2v) is 3.13. The van der Waals surface area contributed by atoms with Crippen LogP contribution in [0.3, 0.4) is 0 Å². The Balaban J connectivity index is 3.94. The van der Waals surface area contributed by atoms with E-state index < -0.39 is 6.04 Å². The zero-order valence-corrected chi connectivity index (χ0v) is 8.17. The first-order valence-electron chi connectivity index (χ1n) is 3.07. The Morgan fingerprint density at radius 1 is 1.64 bits per heavy atom. The van der Waals surface area contributed by atoms with Crippen molar-refractivity contribution in [3.8, 4) is 0 Å². The molecule has 0 aromatic carbocycles. The van der Waals surface area contributed by atoms with Crippen LogP contribution in [0.4, 0.5) is 0 Å². The number of nitrogens with one attached hydrogen (secondary N) is 1. The molecule has 0 bridgehead atoms. The van der Waals surface area contributed by atoms with Gasteiger partial charge in [0.25, 0.3) is 0 Å². The van der Waals surface area contributed by atoms with Crippen LogP contribution in [0, 0.1) is 0 Å². The number of hydrogen-bond acceptors (Lipinski definition) is 4. The second kappa shape index (κ2) is 5.49. The lowest BCUT2D eigenvalue weighted by atomic mass is 10.4. The minimum absolute atomic E-state index is 0.0600. The van der Waals surface area contributed by atoms with Gasteiger partial charge in [-0.15, -0.1) is 0 Å². The quantitative estimate of drug-likeness (QED) is 0.634.